The molecule has 2 rings (SSSR count). The normalized spacial score (nSPS) is 21.9. The zero-order valence-corrected chi connectivity index (χ0v) is 13.0. The Hall–Kier alpha value is -1.00. The summed E-state index contributed by atoms with van der Waals surface area (Å²) in [5, 5.41) is 3.78. The summed E-state index contributed by atoms with van der Waals surface area (Å²) >= 11 is 1.96. The molecule has 1 aliphatic rings. The maximum atomic E-state index is 12.5. The largest absolute Gasteiger partial charge is 0.380 e. The molecule has 2 atom stereocenters. The Kier molecular flexibility index (Phi) is 5.92. The first-order valence-corrected chi connectivity index (χ1v) is 8.30. The molecule has 1 N–H and O–H groups in total. The second-order valence-corrected chi connectivity index (χ2v) is 6.61. The van der Waals surface area contributed by atoms with Gasteiger partial charge >= 0.3 is 0 Å². The lowest BCUT2D eigenvalue weighted by Gasteiger charge is -2.21. The number of thioether (sulfide) groups is 1. The van der Waals surface area contributed by atoms with E-state index in [9.17, 15) is 4.79 Å². The second-order valence-electron chi connectivity index (χ2n) is 5.09. The quantitative estimate of drug-likeness (QED) is 0.875. The summed E-state index contributed by atoms with van der Waals surface area (Å²) in [5.41, 5.74) is 1.69. The van der Waals surface area contributed by atoms with E-state index in [1.807, 2.05) is 36.0 Å². The first-order valence-electron chi connectivity index (χ1n) is 7.25. The Morgan fingerprint density at radius 2 is 2.20 bits per heavy atom. The van der Waals surface area contributed by atoms with Crippen LogP contribution in [0.5, 0.6) is 0 Å². The lowest BCUT2D eigenvalue weighted by molar-refractivity contribution is 0.0933. The smallest absolute Gasteiger partial charge is 0.251 e. The number of carbonyl (C=O) groups excluding carboxylic acids is 1. The molecular weight excluding hydrogens is 270 g/mol. The van der Waals surface area contributed by atoms with Crippen LogP contribution < -0.4 is 5.32 Å². The third-order valence-corrected chi connectivity index (χ3v) is 5.04. The molecule has 0 aromatic heterocycles. The molecule has 1 saturated carbocycles. The lowest BCUT2D eigenvalue weighted by Crippen LogP contribution is -2.39. The summed E-state index contributed by atoms with van der Waals surface area (Å²) in [7, 11) is 1.65. The fourth-order valence-electron chi connectivity index (χ4n) is 2.77. The van der Waals surface area contributed by atoms with Gasteiger partial charge in [-0.2, -0.15) is 11.8 Å². The molecular formula is C16H23NO2S. The molecule has 0 saturated heterocycles. The molecule has 1 amide bonds. The number of hydrogen-bond donors (Lipinski definition) is 1. The summed E-state index contributed by atoms with van der Waals surface area (Å²) in [6.45, 7) is 2.65. The molecule has 0 unspecified atom stereocenters. The van der Waals surface area contributed by atoms with Gasteiger partial charge < -0.3 is 10.1 Å². The van der Waals surface area contributed by atoms with Crippen LogP contribution in [0.2, 0.25) is 0 Å². The number of rotatable bonds is 6. The average molecular weight is 293 g/mol. The highest BCUT2D eigenvalue weighted by atomic mass is 32.2. The standard InChI is InChI=1S/C16H23NO2S/c1-3-20-15-10-6-9-14(15)17-16(18)13-8-5-4-7-12(13)11-19-2/h4-5,7-8,14-15H,3,6,9-11H2,1-2H3,(H,17,18)/t14-,15+/m0/s1. The predicted molar refractivity (Wildman–Crippen MR) is 84.2 cm³/mol. The molecule has 0 heterocycles. The number of ether oxygens (including phenoxy) is 1. The van der Waals surface area contributed by atoms with Crippen LogP contribution in [0.25, 0.3) is 0 Å². The van der Waals surface area contributed by atoms with Crippen molar-refractivity contribution in [2.75, 3.05) is 12.9 Å². The number of hydrogen-bond acceptors (Lipinski definition) is 3. The van der Waals surface area contributed by atoms with Gasteiger partial charge in [-0.1, -0.05) is 31.5 Å². The molecule has 0 aliphatic heterocycles. The third-order valence-electron chi connectivity index (χ3n) is 3.71. The molecule has 0 spiro atoms. The van der Waals surface area contributed by atoms with E-state index in [4.69, 9.17) is 4.74 Å². The molecule has 20 heavy (non-hydrogen) atoms. The van der Waals surface area contributed by atoms with E-state index in [-0.39, 0.29) is 5.91 Å². The molecule has 0 bridgehead atoms. The summed E-state index contributed by atoms with van der Waals surface area (Å²) in [5.74, 6) is 1.14. The van der Waals surface area contributed by atoms with Crippen LogP contribution in [-0.2, 0) is 11.3 Å². The number of carbonyl (C=O) groups is 1. The van der Waals surface area contributed by atoms with Crippen LogP contribution in [-0.4, -0.2) is 30.1 Å². The summed E-state index contributed by atoms with van der Waals surface area (Å²) in [4.78, 5) is 12.5. The topological polar surface area (TPSA) is 38.3 Å². The van der Waals surface area contributed by atoms with Gasteiger partial charge in [0.1, 0.15) is 0 Å². The van der Waals surface area contributed by atoms with Crippen molar-refractivity contribution < 1.29 is 9.53 Å². The van der Waals surface area contributed by atoms with Gasteiger partial charge in [-0.15, -0.1) is 0 Å². The first-order chi connectivity index (χ1) is 9.76. The fraction of sp³-hybridized carbons (Fsp3) is 0.562. The van der Waals surface area contributed by atoms with E-state index in [0.29, 0.717) is 17.9 Å². The van der Waals surface area contributed by atoms with Crippen molar-refractivity contribution in [1.82, 2.24) is 5.32 Å². The first kappa shape index (κ1) is 15.4. The summed E-state index contributed by atoms with van der Waals surface area (Å²) in [6.07, 6.45) is 3.52. The van der Waals surface area contributed by atoms with Crippen LogP contribution >= 0.6 is 11.8 Å². The summed E-state index contributed by atoms with van der Waals surface area (Å²) < 4.78 is 5.16. The lowest BCUT2D eigenvalue weighted by atomic mass is 10.1. The highest BCUT2D eigenvalue weighted by molar-refractivity contribution is 7.99. The van der Waals surface area contributed by atoms with Gasteiger partial charge in [0.25, 0.3) is 5.91 Å². The Morgan fingerprint density at radius 1 is 1.40 bits per heavy atom. The van der Waals surface area contributed by atoms with Crippen LogP contribution in [0.3, 0.4) is 0 Å². The summed E-state index contributed by atoms with van der Waals surface area (Å²) in [6, 6.07) is 7.98. The van der Waals surface area contributed by atoms with E-state index in [0.717, 1.165) is 23.3 Å². The van der Waals surface area contributed by atoms with E-state index >= 15 is 0 Å². The van der Waals surface area contributed by atoms with Gasteiger partial charge in [-0.05, 0) is 30.2 Å². The third kappa shape index (κ3) is 3.76. The monoisotopic (exact) mass is 293 g/mol. The Morgan fingerprint density at radius 3 is 2.95 bits per heavy atom. The number of methoxy groups -OCH3 is 1. The van der Waals surface area contributed by atoms with Gasteiger partial charge in [0, 0.05) is 24.0 Å². The van der Waals surface area contributed by atoms with E-state index in [1.165, 1.54) is 12.8 Å². The molecule has 1 aliphatic carbocycles. The van der Waals surface area contributed by atoms with Crippen molar-refractivity contribution in [3.8, 4) is 0 Å². The van der Waals surface area contributed by atoms with Crippen molar-refractivity contribution in [1.29, 1.82) is 0 Å². The zero-order chi connectivity index (χ0) is 14.4. The van der Waals surface area contributed by atoms with E-state index < -0.39 is 0 Å². The van der Waals surface area contributed by atoms with Gasteiger partial charge in [0.2, 0.25) is 0 Å². The molecule has 0 radical (unpaired) electrons. The van der Waals surface area contributed by atoms with Crippen molar-refractivity contribution in [2.45, 2.75) is 44.1 Å². The van der Waals surface area contributed by atoms with Crippen LogP contribution in [0.1, 0.15) is 42.1 Å². The minimum atomic E-state index is 0.0336. The van der Waals surface area contributed by atoms with E-state index in [1.54, 1.807) is 7.11 Å². The minimum absolute atomic E-state index is 0.0336. The molecule has 1 aromatic carbocycles. The molecule has 1 aromatic rings. The number of benzene rings is 1. The van der Waals surface area contributed by atoms with Gasteiger partial charge in [-0.3, -0.25) is 4.79 Å². The van der Waals surface area contributed by atoms with Crippen molar-refractivity contribution in [3.63, 3.8) is 0 Å². The molecule has 3 nitrogen and oxygen atoms in total. The minimum Gasteiger partial charge on any atom is -0.380 e. The fourth-order valence-corrected chi connectivity index (χ4v) is 3.97. The van der Waals surface area contributed by atoms with Crippen LogP contribution in [0, 0.1) is 0 Å². The Balaban J connectivity index is 2.04. The van der Waals surface area contributed by atoms with Crippen LogP contribution in [0.15, 0.2) is 24.3 Å². The van der Waals surface area contributed by atoms with Gasteiger partial charge in [0.15, 0.2) is 0 Å². The number of amides is 1. The predicted octanol–water partition coefficient (Wildman–Crippen LogP) is 3.24. The average Bonchev–Trinajstić information content (AvgIpc) is 2.87. The molecule has 110 valence electrons. The highest BCUT2D eigenvalue weighted by Crippen LogP contribution is 2.30. The maximum Gasteiger partial charge on any atom is 0.251 e. The maximum absolute atomic E-state index is 12.5. The van der Waals surface area contributed by atoms with Crippen molar-refractivity contribution in [3.05, 3.63) is 35.4 Å². The molecule has 4 heteroatoms. The van der Waals surface area contributed by atoms with Crippen LogP contribution in [0.4, 0.5) is 0 Å². The SMILES string of the molecule is CCS[C@@H]1CCC[C@@H]1NC(=O)c1ccccc1COC. The Labute approximate surface area is 125 Å². The van der Waals surface area contributed by atoms with Gasteiger partial charge in [0.05, 0.1) is 6.61 Å². The van der Waals surface area contributed by atoms with Gasteiger partial charge in [-0.25, -0.2) is 0 Å². The van der Waals surface area contributed by atoms with Crippen molar-refractivity contribution in [2.24, 2.45) is 0 Å². The molecule has 1 fully saturated rings. The highest BCUT2D eigenvalue weighted by Gasteiger charge is 2.29. The van der Waals surface area contributed by atoms with Crippen molar-refractivity contribution >= 4 is 17.7 Å². The Bertz CT molecular complexity index is 450. The number of nitrogens with one attached hydrogen (secondary N) is 1. The van der Waals surface area contributed by atoms with E-state index in [2.05, 4.69) is 12.2 Å². The zero-order valence-electron chi connectivity index (χ0n) is 12.2. The second kappa shape index (κ2) is 7.70.